The zero-order valence-corrected chi connectivity index (χ0v) is 46.5. The molecule has 406 valence electrons. The monoisotopic (exact) mass is 987 g/mol. The molecule has 6 heteroatoms. The van der Waals surface area contributed by atoms with E-state index in [1.54, 1.807) is 0 Å². The van der Waals surface area contributed by atoms with Gasteiger partial charge in [0.05, 0.1) is 0 Å². The maximum absolute atomic E-state index is 12.9. The first kappa shape index (κ1) is 67.3. The molecule has 0 fully saturated rings. The van der Waals surface area contributed by atoms with Crippen LogP contribution in [0.4, 0.5) is 0 Å². The molecule has 6 nitrogen and oxygen atoms in total. The van der Waals surface area contributed by atoms with Crippen molar-refractivity contribution in [2.75, 3.05) is 13.2 Å². The van der Waals surface area contributed by atoms with Gasteiger partial charge < -0.3 is 14.2 Å². The highest BCUT2D eigenvalue weighted by atomic mass is 16.6. The van der Waals surface area contributed by atoms with Crippen LogP contribution in [0, 0.1) is 0 Å². The van der Waals surface area contributed by atoms with E-state index in [1.165, 1.54) is 128 Å². The Morgan fingerprint density at radius 3 is 0.930 bits per heavy atom. The Labute approximate surface area is 438 Å². The quantitative estimate of drug-likeness (QED) is 0.0261. The molecule has 0 aromatic carbocycles. The van der Waals surface area contributed by atoms with E-state index < -0.39 is 6.10 Å². The average Bonchev–Trinajstić information content (AvgIpc) is 3.37. The van der Waals surface area contributed by atoms with Crippen molar-refractivity contribution < 1.29 is 28.6 Å². The van der Waals surface area contributed by atoms with Crippen molar-refractivity contribution in [1.82, 2.24) is 0 Å². The molecule has 0 aromatic heterocycles. The van der Waals surface area contributed by atoms with Gasteiger partial charge in [0, 0.05) is 19.3 Å². The number of unbranched alkanes of at least 4 members (excludes halogenated alkanes) is 26. The number of allylic oxidation sites excluding steroid dienone is 16. The van der Waals surface area contributed by atoms with Crippen LogP contribution in [0.1, 0.15) is 278 Å². The summed E-state index contributed by atoms with van der Waals surface area (Å²) < 4.78 is 16.8. The molecule has 0 heterocycles. The van der Waals surface area contributed by atoms with Crippen LogP contribution in [0.15, 0.2) is 97.2 Å². The minimum absolute atomic E-state index is 0.103. The highest BCUT2D eigenvalue weighted by Crippen LogP contribution is 2.15. The molecule has 0 unspecified atom stereocenters. The maximum Gasteiger partial charge on any atom is 0.306 e. The molecular weight excluding hydrogens is 877 g/mol. The summed E-state index contributed by atoms with van der Waals surface area (Å²) in [6.07, 6.45) is 78.3. The summed E-state index contributed by atoms with van der Waals surface area (Å²) in [7, 11) is 0. The molecule has 0 saturated heterocycles. The van der Waals surface area contributed by atoms with E-state index in [4.69, 9.17) is 14.2 Å². The van der Waals surface area contributed by atoms with Crippen molar-refractivity contribution in [1.29, 1.82) is 0 Å². The second-order valence-electron chi connectivity index (χ2n) is 19.5. The number of esters is 3. The summed E-state index contributed by atoms with van der Waals surface area (Å²) in [6.45, 7) is 6.45. The third kappa shape index (κ3) is 57.1. The van der Waals surface area contributed by atoms with Crippen LogP contribution in [0.5, 0.6) is 0 Å². The fourth-order valence-electron chi connectivity index (χ4n) is 8.08. The van der Waals surface area contributed by atoms with E-state index in [-0.39, 0.29) is 31.1 Å². The Hall–Kier alpha value is -3.67. The average molecular weight is 988 g/mol. The molecule has 0 N–H and O–H groups in total. The summed E-state index contributed by atoms with van der Waals surface area (Å²) in [5, 5.41) is 0. The molecule has 0 amide bonds. The van der Waals surface area contributed by atoms with Gasteiger partial charge in [0.25, 0.3) is 0 Å². The first-order valence-electron chi connectivity index (χ1n) is 29.7. The molecule has 1 atom stereocenters. The number of carbonyl (C=O) groups excluding carboxylic acids is 3. The highest BCUT2D eigenvalue weighted by molar-refractivity contribution is 5.71. The molecule has 71 heavy (non-hydrogen) atoms. The van der Waals surface area contributed by atoms with E-state index >= 15 is 0 Å². The van der Waals surface area contributed by atoms with Crippen LogP contribution in [0.25, 0.3) is 0 Å². The van der Waals surface area contributed by atoms with Gasteiger partial charge >= 0.3 is 17.9 Å². The lowest BCUT2D eigenvalue weighted by atomic mass is 10.0. The standard InChI is InChI=1S/C65H110O6/c1-4-7-10-13-16-19-22-25-28-30-31-32-33-35-38-41-44-47-50-53-56-59-65(68)71-62(60-69-63(66)57-54-51-48-45-42-39-36-27-24-21-18-15-12-9-6-3)61-70-64(67)58-55-52-49-46-43-40-37-34-29-26-23-20-17-14-11-8-5-2/h8,11,17-18,20-21,25-29,36-37,40,42,45,62H,4-7,9-10,12-16,19,22-24,30-35,38-39,41,43-44,46-61H2,1-3H3/b11-8-,20-17-,21-18-,28-25-,29-26-,36-27-,40-37-,45-42-/t62-/m0/s1. The largest absolute Gasteiger partial charge is 0.462 e. The third-order valence-corrected chi connectivity index (χ3v) is 12.5. The number of carbonyl (C=O) groups is 3. The lowest BCUT2D eigenvalue weighted by molar-refractivity contribution is -0.167. The second kappa shape index (κ2) is 58.9. The molecular formula is C65H110O6. The molecule has 0 aliphatic carbocycles. The second-order valence-corrected chi connectivity index (χ2v) is 19.5. The van der Waals surface area contributed by atoms with Crippen LogP contribution < -0.4 is 0 Å². The van der Waals surface area contributed by atoms with E-state index in [0.29, 0.717) is 19.3 Å². The fraction of sp³-hybridized carbons (Fsp3) is 0.708. The maximum atomic E-state index is 12.9. The number of hydrogen-bond donors (Lipinski definition) is 0. The zero-order valence-electron chi connectivity index (χ0n) is 46.5. The highest BCUT2D eigenvalue weighted by Gasteiger charge is 2.19. The Kier molecular flexibility index (Phi) is 55.9. The van der Waals surface area contributed by atoms with Crippen molar-refractivity contribution in [3.8, 4) is 0 Å². The summed E-state index contributed by atoms with van der Waals surface area (Å²) in [5.41, 5.74) is 0. The van der Waals surface area contributed by atoms with Crippen LogP contribution in [-0.2, 0) is 28.6 Å². The Bertz CT molecular complexity index is 1410. The van der Waals surface area contributed by atoms with Crippen molar-refractivity contribution in [2.45, 2.75) is 284 Å². The van der Waals surface area contributed by atoms with Gasteiger partial charge in [-0.15, -0.1) is 0 Å². The summed E-state index contributed by atoms with van der Waals surface area (Å²) >= 11 is 0. The summed E-state index contributed by atoms with van der Waals surface area (Å²) in [6, 6.07) is 0. The van der Waals surface area contributed by atoms with Gasteiger partial charge in [0.2, 0.25) is 0 Å². The summed E-state index contributed by atoms with van der Waals surface area (Å²) in [4.78, 5) is 38.2. The number of hydrogen-bond acceptors (Lipinski definition) is 6. The predicted molar refractivity (Wildman–Crippen MR) is 307 cm³/mol. The lowest BCUT2D eigenvalue weighted by Gasteiger charge is -2.18. The van der Waals surface area contributed by atoms with Crippen molar-refractivity contribution >= 4 is 17.9 Å². The van der Waals surface area contributed by atoms with Gasteiger partial charge in [-0.1, -0.05) is 234 Å². The first-order chi connectivity index (χ1) is 35.0. The molecule has 0 aliphatic heterocycles. The smallest absolute Gasteiger partial charge is 0.306 e. The Morgan fingerprint density at radius 1 is 0.296 bits per heavy atom. The number of rotatable bonds is 53. The molecule has 0 aliphatic rings. The minimum Gasteiger partial charge on any atom is -0.462 e. The Morgan fingerprint density at radius 2 is 0.549 bits per heavy atom. The molecule has 0 bridgehead atoms. The van der Waals surface area contributed by atoms with Crippen LogP contribution >= 0.6 is 0 Å². The van der Waals surface area contributed by atoms with E-state index in [1.807, 2.05) is 0 Å². The Balaban J connectivity index is 4.45. The van der Waals surface area contributed by atoms with Crippen LogP contribution in [0.3, 0.4) is 0 Å². The predicted octanol–water partition coefficient (Wildman–Crippen LogP) is 20.1. The van der Waals surface area contributed by atoms with Crippen LogP contribution in [0.2, 0.25) is 0 Å². The SMILES string of the molecule is CC/C=C\C/C=C\C/C=C\C/C=C\CCCCCCC(=O)OC[C@H](COC(=O)CCCC/C=C\C/C=C\C/C=C\CCCCC)OC(=O)CCCCCCCCCCCCC/C=C\CCCCCCCC. The topological polar surface area (TPSA) is 78.9 Å². The molecule has 0 rings (SSSR count). The normalized spacial score (nSPS) is 12.8. The van der Waals surface area contributed by atoms with E-state index in [0.717, 1.165) is 109 Å². The molecule has 0 radical (unpaired) electrons. The minimum atomic E-state index is -0.805. The van der Waals surface area contributed by atoms with Gasteiger partial charge in [0.15, 0.2) is 6.10 Å². The molecule has 0 spiro atoms. The van der Waals surface area contributed by atoms with Gasteiger partial charge in [-0.25, -0.2) is 0 Å². The van der Waals surface area contributed by atoms with Crippen LogP contribution in [-0.4, -0.2) is 37.2 Å². The van der Waals surface area contributed by atoms with Gasteiger partial charge in [-0.2, -0.15) is 0 Å². The van der Waals surface area contributed by atoms with E-state index in [9.17, 15) is 14.4 Å². The fourth-order valence-corrected chi connectivity index (χ4v) is 8.08. The third-order valence-electron chi connectivity index (χ3n) is 12.5. The molecule has 0 saturated carbocycles. The zero-order chi connectivity index (χ0) is 51.4. The van der Waals surface area contributed by atoms with Crippen molar-refractivity contribution in [3.63, 3.8) is 0 Å². The summed E-state index contributed by atoms with van der Waals surface area (Å²) in [5.74, 6) is -0.959. The van der Waals surface area contributed by atoms with E-state index in [2.05, 4.69) is 118 Å². The molecule has 0 aromatic rings. The first-order valence-corrected chi connectivity index (χ1v) is 29.7. The van der Waals surface area contributed by atoms with Gasteiger partial charge in [-0.3, -0.25) is 14.4 Å². The van der Waals surface area contributed by atoms with Crippen molar-refractivity contribution in [2.24, 2.45) is 0 Å². The lowest BCUT2D eigenvalue weighted by Crippen LogP contribution is -2.30. The van der Waals surface area contributed by atoms with Crippen molar-refractivity contribution in [3.05, 3.63) is 97.2 Å². The van der Waals surface area contributed by atoms with Gasteiger partial charge in [-0.05, 0) is 122 Å². The number of ether oxygens (including phenoxy) is 3. The van der Waals surface area contributed by atoms with Gasteiger partial charge in [0.1, 0.15) is 13.2 Å².